The lowest BCUT2D eigenvalue weighted by molar-refractivity contribution is 0.0600. The Morgan fingerprint density at radius 1 is 1.33 bits per heavy atom. The van der Waals surface area contributed by atoms with Gasteiger partial charge >= 0.3 is 5.97 Å². The molecule has 1 spiro atoms. The topological polar surface area (TPSA) is 41.6 Å². The van der Waals surface area contributed by atoms with Gasteiger partial charge in [0.2, 0.25) is 0 Å². The van der Waals surface area contributed by atoms with Crippen LogP contribution in [-0.2, 0) is 11.3 Å². The molecule has 116 valence electrons. The van der Waals surface area contributed by atoms with Crippen molar-refractivity contribution < 1.29 is 9.53 Å². The number of methoxy groups -OCH3 is 1. The van der Waals surface area contributed by atoms with Crippen LogP contribution in [0.5, 0.6) is 0 Å². The summed E-state index contributed by atoms with van der Waals surface area (Å²) in [7, 11) is 1.41. The SMILES string of the molecule is COC(=O)c1ccc(CN2CCC3(CCNC3)C2)cc1.Cl. The van der Waals surface area contributed by atoms with Gasteiger partial charge in [-0.15, -0.1) is 12.4 Å². The lowest BCUT2D eigenvalue weighted by atomic mass is 9.86. The smallest absolute Gasteiger partial charge is 0.337 e. The summed E-state index contributed by atoms with van der Waals surface area (Å²) in [6.45, 7) is 5.69. The first-order valence-electron chi connectivity index (χ1n) is 7.31. The fourth-order valence-corrected chi connectivity index (χ4v) is 3.43. The zero-order valence-corrected chi connectivity index (χ0v) is 13.2. The van der Waals surface area contributed by atoms with Crippen LogP contribution in [0.2, 0.25) is 0 Å². The number of carbonyl (C=O) groups is 1. The van der Waals surface area contributed by atoms with Crippen LogP contribution in [0.15, 0.2) is 24.3 Å². The number of carbonyl (C=O) groups excluding carboxylic acids is 1. The summed E-state index contributed by atoms with van der Waals surface area (Å²) < 4.78 is 4.72. The molecule has 0 bridgehead atoms. The molecule has 1 atom stereocenters. The Labute approximate surface area is 132 Å². The van der Waals surface area contributed by atoms with E-state index in [0.29, 0.717) is 11.0 Å². The molecule has 0 amide bonds. The number of likely N-dealkylation sites (tertiary alicyclic amines) is 1. The standard InChI is InChI=1S/C16H22N2O2.ClH/c1-20-15(19)14-4-2-13(3-5-14)10-18-9-7-16(12-18)6-8-17-11-16;/h2-5,17H,6-12H2,1H3;1H. The Bertz CT molecular complexity index is 484. The van der Waals surface area contributed by atoms with Gasteiger partial charge in [0.1, 0.15) is 0 Å². The first-order valence-corrected chi connectivity index (χ1v) is 7.31. The van der Waals surface area contributed by atoms with E-state index in [1.807, 2.05) is 24.3 Å². The van der Waals surface area contributed by atoms with Gasteiger partial charge in [-0.3, -0.25) is 4.90 Å². The van der Waals surface area contributed by atoms with Gasteiger partial charge in [-0.25, -0.2) is 4.79 Å². The van der Waals surface area contributed by atoms with Crippen LogP contribution < -0.4 is 5.32 Å². The maximum absolute atomic E-state index is 11.4. The summed E-state index contributed by atoms with van der Waals surface area (Å²) in [4.78, 5) is 13.9. The van der Waals surface area contributed by atoms with Crippen molar-refractivity contribution in [1.29, 1.82) is 0 Å². The van der Waals surface area contributed by atoms with Crippen LogP contribution in [0.25, 0.3) is 0 Å². The molecule has 2 aliphatic heterocycles. The molecule has 21 heavy (non-hydrogen) atoms. The normalized spacial score (nSPS) is 25.0. The van der Waals surface area contributed by atoms with Gasteiger partial charge in [-0.2, -0.15) is 0 Å². The van der Waals surface area contributed by atoms with Crippen LogP contribution in [0.4, 0.5) is 0 Å². The maximum Gasteiger partial charge on any atom is 0.337 e. The highest BCUT2D eigenvalue weighted by Crippen LogP contribution is 2.36. The number of rotatable bonds is 3. The first kappa shape index (κ1) is 16.3. The number of benzene rings is 1. The van der Waals surface area contributed by atoms with E-state index in [9.17, 15) is 4.79 Å². The molecule has 2 aliphatic rings. The average molecular weight is 311 g/mol. The number of esters is 1. The van der Waals surface area contributed by atoms with Crippen LogP contribution in [-0.4, -0.2) is 44.2 Å². The quantitative estimate of drug-likeness (QED) is 0.868. The van der Waals surface area contributed by atoms with E-state index < -0.39 is 0 Å². The third-order valence-corrected chi connectivity index (χ3v) is 4.63. The Kier molecular flexibility index (Phi) is 5.25. The van der Waals surface area contributed by atoms with Crippen molar-refractivity contribution in [3.8, 4) is 0 Å². The number of nitrogens with one attached hydrogen (secondary N) is 1. The summed E-state index contributed by atoms with van der Waals surface area (Å²) in [6, 6.07) is 7.77. The van der Waals surface area contributed by atoms with Gasteiger partial charge in [0, 0.05) is 19.6 Å². The second-order valence-electron chi connectivity index (χ2n) is 6.08. The third kappa shape index (κ3) is 3.57. The number of nitrogens with zero attached hydrogens (tertiary/aromatic N) is 1. The number of hydrogen-bond acceptors (Lipinski definition) is 4. The predicted molar refractivity (Wildman–Crippen MR) is 84.8 cm³/mol. The Morgan fingerprint density at radius 3 is 2.71 bits per heavy atom. The Morgan fingerprint density at radius 2 is 2.10 bits per heavy atom. The van der Waals surface area contributed by atoms with Gasteiger partial charge in [0.05, 0.1) is 12.7 Å². The highest BCUT2D eigenvalue weighted by atomic mass is 35.5. The van der Waals surface area contributed by atoms with Crippen molar-refractivity contribution in [3.05, 3.63) is 35.4 Å². The lowest BCUT2D eigenvalue weighted by Crippen LogP contribution is -2.28. The van der Waals surface area contributed by atoms with Gasteiger partial charge in [0.15, 0.2) is 0 Å². The van der Waals surface area contributed by atoms with Crippen LogP contribution in [0.1, 0.15) is 28.8 Å². The molecule has 2 saturated heterocycles. The van der Waals surface area contributed by atoms with Gasteiger partial charge < -0.3 is 10.1 Å². The average Bonchev–Trinajstić information content (AvgIpc) is 3.09. The first-order chi connectivity index (χ1) is 9.71. The Hall–Kier alpha value is -1.10. The van der Waals surface area contributed by atoms with Crippen LogP contribution in [0.3, 0.4) is 0 Å². The summed E-state index contributed by atoms with van der Waals surface area (Å²) in [6.07, 6.45) is 2.62. The summed E-state index contributed by atoms with van der Waals surface area (Å²) in [5.74, 6) is -0.270. The molecule has 1 N–H and O–H groups in total. The van der Waals surface area contributed by atoms with E-state index in [1.54, 1.807) is 0 Å². The van der Waals surface area contributed by atoms with Crippen LogP contribution in [0, 0.1) is 5.41 Å². The van der Waals surface area contributed by atoms with E-state index in [4.69, 9.17) is 4.74 Å². The van der Waals surface area contributed by atoms with Crippen molar-refractivity contribution in [3.63, 3.8) is 0 Å². The molecule has 0 aliphatic carbocycles. The van der Waals surface area contributed by atoms with Crippen molar-refractivity contribution in [1.82, 2.24) is 10.2 Å². The van der Waals surface area contributed by atoms with Crippen molar-refractivity contribution in [2.75, 3.05) is 33.3 Å². The fourth-order valence-electron chi connectivity index (χ4n) is 3.43. The minimum Gasteiger partial charge on any atom is -0.465 e. The highest BCUT2D eigenvalue weighted by Gasteiger charge is 2.39. The zero-order chi connectivity index (χ0) is 14.0. The molecule has 2 fully saturated rings. The molecule has 1 aromatic carbocycles. The van der Waals surface area contributed by atoms with Gasteiger partial charge in [0.25, 0.3) is 0 Å². The Balaban J connectivity index is 0.00000161. The third-order valence-electron chi connectivity index (χ3n) is 4.63. The summed E-state index contributed by atoms with van der Waals surface area (Å²) in [5.41, 5.74) is 2.40. The summed E-state index contributed by atoms with van der Waals surface area (Å²) >= 11 is 0. The largest absolute Gasteiger partial charge is 0.465 e. The monoisotopic (exact) mass is 310 g/mol. The zero-order valence-electron chi connectivity index (χ0n) is 12.4. The predicted octanol–water partition coefficient (Wildman–Crippen LogP) is 2.08. The van der Waals surface area contributed by atoms with E-state index in [2.05, 4.69) is 10.2 Å². The van der Waals surface area contributed by atoms with Crippen molar-refractivity contribution in [2.24, 2.45) is 5.41 Å². The van der Waals surface area contributed by atoms with Gasteiger partial charge in [-0.1, -0.05) is 12.1 Å². The van der Waals surface area contributed by atoms with E-state index in [1.165, 1.54) is 51.7 Å². The number of hydrogen-bond donors (Lipinski definition) is 1. The lowest BCUT2D eigenvalue weighted by Gasteiger charge is -2.22. The highest BCUT2D eigenvalue weighted by molar-refractivity contribution is 5.89. The number of halogens is 1. The summed E-state index contributed by atoms with van der Waals surface area (Å²) in [5, 5.41) is 3.49. The number of ether oxygens (including phenoxy) is 1. The molecule has 2 heterocycles. The molecular weight excluding hydrogens is 288 g/mol. The fraction of sp³-hybridized carbons (Fsp3) is 0.562. The molecule has 0 aromatic heterocycles. The molecule has 1 aromatic rings. The molecule has 1 unspecified atom stereocenters. The van der Waals surface area contributed by atoms with Crippen molar-refractivity contribution >= 4 is 18.4 Å². The molecule has 4 nitrogen and oxygen atoms in total. The van der Waals surface area contributed by atoms with E-state index in [-0.39, 0.29) is 18.4 Å². The second-order valence-corrected chi connectivity index (χ2v) is 6.08. The molecule has 0 saturated carbocycles. The minimum absolute atomic E-state index is 0. The molecule has 3 rings (SSSR count). The molecule has 0 radical (unpaired) electrons. The maximum atomic E-state index is 11.4. The van der Waals surface area contributed by atoms with Gasteiger partial charge in [-0.05, 0) is 49.0 Å². The van der Waals surface area contributed by atoms with Crippen LogP contribution >= 0.6 is 12.4 Å². The van der Waals surface area contributed by atoms with E-state index >= 15 is 0 Å². The molecular formula is C16H23ClN2O2. The second kappa shape index (κ2) is 6.77. The molecule has 5 heteroatoms. The minimum atomic E-state index is -0.270. The van der Waals surface area contributed by atoms with E-state index in [0.717, 1.165) is 6.54 Å². The van der Waals surface area contributed by atoms with Crippen molar-refractivity contribution in [2.45, 2.75) is 19.4 Å².